The molecule has 1 fully saturated rings. The van der Waals surface area contributed by atoms with Crippen molar-refractivity contribution in [2.75, 3.05) is 40.3 Å². The van der Waals surface area contributed by atoms with E-state index in [2.05, 4.69) is 37.7 Å². The van der Waals surface area contributed by atoms with E-state index in [1.165, 1.54) is 0 Å². The van der Waals surface area contributed by atoms with Crippen LogP contribution < -0.4 is 5.73 Å². The van der Waals surface area contributed by atoms with Crippen molar-refractivity contribution in [1.29, 1.82) is 0 Å². The van der Waals surface area contributed by atoms with Crippen LogP contribution in [0.5, 0.6) is 0 Å². The van der Waals surface area contributed by atoms with Gasteiger partial charge in [-0.2, -0.15) is 0 Å². The number of likely N-dealkylation sites (N-methyl/N-ethyl adjacent to an activating group) is 2. The van der Waals surface area contributed by atoms with E-state index in [1.807, 2.05) is 0 Å². The number of hydrogen-bond acceptors (Lipinski definition) is 4. The average Bonchev–Trinajstić information content (AvgIpc) is 2.71. The lowest BCUT2D eigenvalue weighted by Crippen LogP contribution is -2.44. The maximum atomic E-state index is 10.5. The van der Waals surface area contributed by atoms with Crippen LogP contribution in [-0.2, 0) is 0 Å². The molecule has 4 nitrogen and oxygen atoms in total. The van der Waals surface area contributed by atoms with Crippen LogP contribution in [0.4, 0.5) is 0 Å². The van der Waals surface area contributed by atoms with Gasteiger partial charge in [-0.25, -0.2) is 0 Å². The normalized spacial score (nSPS) is 29.4. The summed E-state index contributed by atoms with van der Waals surface area (Å²) in [7, 11) is 4.24. The Morgan fingerprint density at radius 1 is 1.42 bits per heavy atom. The van der Waals surface area contributed by atoms with Gasteiger partial charge < -0.3 is 15.7 Å². The average molecular weight is 271 g/mol. The molecule has 3 unspecified atom stereocenters. The predicted octanol–water partition coefficient (Wildman–Crippen LogP) is 1.14. The molecule has 3 atom stereocenters. The monoisotopic (exact) mass is 271 g/mol. The fraction of sp³-hybridized carbons (Fsp3) is 1.00. The van der Waals surface area contributed by atoms with Crippen molar-refractivity contribution in [3.63, 3.8) is 0 Å². The molecule has 3 N–H and O–H groups in total. The first-order valence-electron chi connectivity index (χ1n) is 7.74. The van der Waals surface area contributed by atoms with Crippen molar-refractivity contribution >= 4 is 0 Å². The molecule has 0 bridgehead atoms. The standard InChI is InChI=1S/C15H33N3O/c1-5-18(13(2)11-17(3)4)10-8-14-7-6-9-15(14,19)12-16/h13-14,19H,5-12,16H2,1-4H3. The lowest BCUT2D eigenvalue weighted by molar-refractivity contribution is 0.00299. The molecular formula is C15H33N3O. The Labute approximate surface area is 118 Å². The van der Waals surface area contributed by atoms with Gasteiger partial charge in [-0.1, -0.05) is 13.3 Å². The molecule has 0 heterocycles. The van der Waals surface area contributed by atoms with Crippen LogP contribution in [0.3, 0.4) is 0 Å². The third-order valence-corrected chi connectivity index (χ3v) is 4.70. The Morgan fingerprint density at radius 3 is 2.63 bits per heavy atom. The molecule has 19 heavy (non-hydrogen) atoms. The Bertz CT molecular complexity index is 260. The molecule has 0 spiro atoms. The molecule has 0 radical (unpaired) electrons. The summed E-state index contributed by atoms with van der Waals surface area (Å²) in [6.45, 7) is 8.14. The van der Waals surface area contributed by atoms with Crippen molar-refractivity contribution in [2.24, 2.45) is 11.7 Å². The van der Waals surface area contributed by atoms with E-state index in [0.29, 0.717) is 18.5 Å². The van der Waals surface area contributed by atoms with Gasteiger partial charge in [0.15, 0.2) is 0 Å². The predicted molar refractivity (Wildman–Crippen MR) is 81.2 cm³/mol. The van der Waals surface area contributed by atoms with Crippen molar-refractivity contribution < 1.29 is 5.11 Å². The molecule has 1 aliphatic carbocycles. The second-order valence-corrected chi connectivity index (χ2v) is 6.43. The SMILES string of the molecule is CCN(CCC1CCCC1(O)CN)C(C)CN(C)C. The van der Waals surface area contributed by atoms with E-state index >= 15 is 0 Å². The van der Waals surface area contributed by atoms with E-state index in [1.54, 1.807) is 0 Å². The number of nitrogens with two attached hydrogens (primary N) is 1. The molecule has 4 heteroatoms. The summed E-state index contributed by atoms with van der Waals surface area (Å²) in [4.78, 5) is 4.74. The maximum absolute atomic E-state index is 10.5. The number of rotatable bonds is 8. The van der Waals surface area contributed by atoms with Gasteiger partial charge in [0.05, 0.1) is 5.60 Å². The van der Waals surface area contributed by atoms with Crippen LogP contribution in [0.25, 0.3) is 0 Å². The van der Waals surface area contributed by atoms with Crippen LogP contribution in [0.15, 0.2) is 0 Å². The third kappa shape index (κ3) is 4.71. The van der Waals surface area contributed by atoms with Gasteiger partial charge in [0.1, 0.15) is 0 Å². The summed E-state index contributed by atoms with van der Waals surface area (Å²) in [5.74, 6) is 0.387. The van der Waals surface area contributed by atoms with E-state index in [9.17, 15) is 5.11 Å². The highest BCUT2D eigenvalue weighted by Gasteiger charge is 2.39. The minimum absolute atomic E-state index is 0.387. The second kappa shape index (κ2) is 7.58. The Morgan fingerprint density at radius 2 is 2.11 bits per heavy atom. The topological polar surface area (TPSA) is 52.7 Å². The first-order valence-corrected chi connectivity index (χ1v) is 7.74. The number of aliphatic hydroxyl groups is 1. The molecule has 0 saturated heterocycles. The Hall–Kier alpha value is -0.160. The highest BCUT2D eigenvalue weighted by atomic mass is 16.3. The zero-order valence-electron chi connectivity index (χ0n) is 13.2. The molecule has 0 amide bonds. The minimum Gasteiger partial charge on any atom is -0.388 e. The summed E-state index contributed by atoms with van der Waals surface area (Å²) in [6.07, 6.45) is 4.21. The molecule has 0 aliphatic heterocycles. The van der Waals surface area contributed by atoms with Crippen LogP contribution in [-0.4, -0.2) is 66.8 Å². The van der Waals surface area contributed by atoms with Gasteiger partial charge in [0.2, 0.25) is 0 Å². The van der Waals surface area contributed by atoms with E-state index < -0.39 is 5.60 Å². The summed E-state index contributed by atoms with van der Waals surface area (Å²) in [6, 6.07) is 0.562. The van der Waals surface area contributed by atoms with Crippen LogP contribution in [0.2, 0.25) is 0 Å². The smallest absolute Gasteiger partial charge is 0.0797 e. The van der Waals surface area contributed by atoms with Gasteiger partial charge in [-0.05, 0) is 59.3 Å². The highest BCUT2D eigenvalue weighted by Crippen LogP contribution is 2.37. The molecular weight excluding hydrogens is 238 g/mol. The molecule has 0 aromatic carbocycles. The maximum Gasteiger partial charge on any atom is 0.0797 e. The minimum atomic E-state index is -0.593. The first-order chi connectivity index (χ1) is 8.92. The van der Waals surface area contributed by atoms with Gasteiger partial charge in [0, 0.05) is 19.1 Å². The molecule has 0 aromatic heterocycles. The highest BCUT2D eigenvalue weighted by molar-refractivity contribution is 4.93. The third-order valence-electron chi connectivity index (χ3n) is 4.70. The fourth-order valence-corrected chi connectivity index (χ4v) is 3.46. The molecule has 1 saturated carbocycles. The molecule has 0 aromatic rings. The molecule has 1 aliphatic rings. The van der Waals surface area contributed by atoms with E-state index in [0.717, 1.165) is 45.3 Å². The van der Waals surface area contributed by atoms with Crippen molar-refractivity contribution in [1.82, 2.24) is 9.80 Å². The van der Waals surface area contributed by atoms with Crippen LogP contribution in [0.1, 0.15) is 39.5 Å². The van der Waals surface area contributed by atoms with Crippen LogP contribution in [0, 0.1) is 5.92 Å². The zero-order chi connectivity index (χ0) is 14.5. The van der Waals surface area contributed by atoms with Crippen molar-refractivity contribution in [3.05, 3.63) is 0 Å². The number of hydrogen-bond donors (Lipinski definition) is 2. The zero-order valence-corrected chi connectivity index (χ0v) is 13.2. The molecule has 114 valence electrons. The summed E-state index contributed by atoms with van der Waals surface area (Å²) in [5.41, 5.74) is 5.16. The van der Waals surface area contributed by atoms with Gasteiger partial charge >= 0.3 is 0 Å². The fourth-order valence-electron chi connectivity index (χ4n) is 3.46. The Kier molecular flexibility index (Phi) is 6.74. The quantitative estimate of drug-likeness (QED) is 0.695. The summed E-state index contributed by atoms with van der Waals surface area (Å²) in [5, 5.41) is 10.5. The number of nitrogens with zero attached hydrogens (tertiary/aromatic N) is 2. The Balaban J connectivity index is 2.44. The van der Waals surface area contributed by atoms with E-state index in [4.69, 9.17) is 5.73 Å². The molecule has 1 rings (SSSR count). The second-order valence-electron chi connectivity index (χ2n) is 6.43. The van der Waals surface area contributed by atoms with Gasteiger partial charge in [0.25, 0.3) is 0 Å². The summed E-state index contributed by atoms with van der Waals surface area (Å²) < 4.78 is 0. The lowest BCUT2D eigenvalue weighted by Gasteiger charge is -2.34. The summed E-state index contributed by atoms with van der Waals surface area (Å²) >= 11 is 0. The first kappa shape index (κ1) is 16.9. The van der Waals surface area contributed by atoms with Crippen LogP contribution >= 0.6 is 0 Å². The van der Waals surface area contributed by atoms with Crippen molar-refractivity contribution in [2.45, 2.75) is 51.2 Å². The van der Waals surface area contributed by atoms with Crippen molar-refractivity contribution in [3.8, 4) is 0 Å². The van der Waals surface area contributed by atoms with Gasteiger partial charge in [-0.3, -0.25) is 4.90 Å². The van der Waals surface area contributed by atoms with E-state index in [-0.39, 0.29) is 0 Å². The van der Waals surface area contributed by atoms with Gasteiger partial charge in [-0.15, -0.1) is 0 Å². The lowest BCUT2D eigenvalue weighted by atomic mass is 9.88. The largest absolute Gasteiger partial charge is 0.388 e.